The van der Waals surface area contributed by atoms with E-state index in [4.69, 9.17) is 4.84 Å². The standard InChI is InChI=1S/C24H37NO4/c1-7-8-9-13-19-16-21(26)20(15-14-18(4)12-10-11-17(2)3)23(27)22(19)24(28)25(5)29-6/h11,14,16,26-27H,7-10,12-13,15H2,1-6H3/b18-14+. The van der Waals surface area contributed by atoms with E-state index >= 15 is 0 Å². The fourth-order valence-electron chi connectivity index (χ4n) is 3.16. The first kappa shape index (κ1) is 24.8. The number of hydrogen-bond acceptors (Lipinski definition) is 4. The minimum atomic E-state index is -0.415. The van der Waals surface area contributed by atoms with Crippen LogP contribution in [0.15, 0.2) is 29.4 Å². The maximum absolute atomic E-state index is 12.8. The van der Waals surface area contributed by atoms with E-state index in [1.807, 2.05) is 13.0 Å². The molecule has 5 nitrogen and oxygen atoms in total. The fourth-order valence-corrected chi connectivity index (χ4v) is 3.16. The van der Waals surface area contributed by atoms with Crippen LogP contribution < -0.4 is 0 Å². The molecule has 0 fully saturated rings. The Balaban J connectivity index is 3.21. The summed E-state index contributed by atoms with van der Waals surface area (Å²) in [6, 6.07) is 1.62. The van der Waals surface area contributed by atoms with Gasteiger partial charge in [0.1, 0.15) is 11.5 Å². The van der Waals surface area contributed by atoms with Gasteiger partial charge in [-0.3, -0.25) is 9.63 Å². The molecular formula is C24H37NO4. The molecule has 0 aromatic heterocycles. The Labute approximate surface area is 175 Å². The average molecular weight is 404 g/mol. The number of amides is 1. The number of carbonyl (C=O) groups is 1. The van der Waals surface area contributed by atoms with Crippen molar-refractivity contribution in [3.05, 3.63) is 46.1 Å². The van der Waals surface area contributed by atoms with E-state index in [0.29, 0.717) is 24.0 Å². The second-order valence-electron chi connectivity index (χ2n) is 7.77. The molecule has 2 N–H and O–H groups in total. The van der Waals surface area contributed by atoms with Gasteiger partial charge >= 0.3 is 0 Å². The predicted molar refractivity (Wildman–Crippen MR) is 118 cm³/mol. The van der Waals surface area contributed by atoms with Gasteiger partial charge in [-0.2, -0.15) is 0 Å². The van der Waals surface area contributed by atoms with Gasteiger partial charge in [0.15, 0.2) is 0 Å². The molecule has 0 atom stereocenters. The minimum absolute atomic E-state index is 0.0268. The van der Waals surface area contributed by atoms with Crippen molar-refractivity contribution >= 4 is 5.91 Å². The number of carbonyl (C=O) groups excluding carboxylic acids is 1. The highest BCUT2D eigenvalue weighted by molar-refractivity contribution is 5.98. The zero-order chi connectivity index (χ0) is 22.0. The van der Waals surface area contributed by atoms with Crippen LogP contribution in [0.3, 0.4) is 0 Å². The molecule has 1 aromatic carbocycles. The van der Waals surface area contributed by atoms with E-state index in [2.05, 4.69) is 26.8 Å². The topological polar surface area (TPSA) is 70.0 Å². The van der Waals surface area contributed by atoms with Crippen LogP contribution in [-0.2, 0) is 17.7 Å². The molecule has 0 radical (unpaired) electrons. The van der Waals surface area contributed by atoms with Gasteiger partial charge in [0, 0.05) is 12.6 Å². The smallest absolute Gasteiger partial charge is 0.281 e. The molecule has 0 bridgehead atoms. The maximum atomic E-state index is 12.8. The number of aryl methyl sites for hydroxylation is 1. The summed E-state index contributed by atoms with van der Waals surface area (Å²) in [4.78, 5) is 17.8. The predicted octanol–water partition coefficient (Wildman–Crippen LogP) is 5.70. The molecule has 0 aliphatic heterocycles. The fraction of sp³-hybridized carbons (Fsp3) is 0.542. The highest BCUT2D eigenvalue weighted by Crippen LogP contribution is 2.36. The molecule has 162 valence electrons. The third-order valence-corrected chi connectivity index (χ3v) is 5.03. The van der Waals surface area contributed by atoms with Crippen molar-refractivity contribution in [1.29, 1.82) is 0 Å². The van der Waals surface area contributed by atoms with Crippen LogP contribution in [-0.4, -0.2) is 35.3 Å². The molecule has 0 spiro atoms. The third kappa shape index (κ3) is 7.58. The van der Waals surface area contributed by atoms with Crippen LogP contribution in [0.1, 0.15) is 81.3 Å². The zero-order valence-electron chi connectivity index (χ0n) is 18.8. The molecule has 29 heavy (non-hydrogen) atoms. The number of aromatic hydroxyl groups is 2. The van der Waals surface area contributed by atoms with Gasteiger partial charge in [0.2, 0.25) is 0 Å². The number of rotatable bonds is 11. The van der Waals surface area contributed by atoms with E-state index in [-0.39, 0.29) is 17.1 Å². The highest BCUT2D eigenvalue weighted by Gasteiger charge is 2.24. The van der Waals surface area contributed by atoms with Gasteiger partial charge in [-0.25, -0.2) is 5.06 Å². The Bertz CT molecular complexity index is 746. The quantitative estimate of drug-likeness (QED) is 0.282. The molecule has 0 saturated heterocycles. The highest BCUT2D eigenvalue weighted by atomic mass is 16.7. The molecule has 0 unspecified atom stereocenters. The number of benzene rings is 1. The molecule has 0 aliphatic rings. The van der Waals surface area contributed by atoms with E-state index in [9.17, 15) is 15.0 Å². The summed E-state index contributed by atoms with van der Waals surface area (Å²) >= 11 is 0. The summed E-state index contributed by atoms with van der Waals surface area (Å²) < 4.78 is 0. The van der Waals surface area contributed by atoms with Crippen LogP contribution in [0.5, 0.6) is 11.5 Å². The van der Waals surface area contributed by atoms with Gasteiger partial charge < -0.3 is 10.2 Å². The molecule has 0 heterocycles. The summed E-state index contributed by atoms with van der Waals surface area (Å²) in [5.41, 5.74) is 3.70. The third-order valence-electron chi connectivity index (χ3n) is 5.03. The van der Waals surface area contributed by atoms with E-state index in [0.717, 1.165) is 37.2 Å². The minimum Gasteiger partial charge on any atom is -0.508 e. The Kier molecular flexibility index (Phi) is 10.5. The molecule has 1 amide bonds. The van der Waals surface area contributed by atoms with Crippen LogP contribution in [0.4, 0.5) is 0 Å². The van der Waals surface area contributed by atoms with Gasteiger partial charge in [0.25, 0.3) is 5.91 Å². The Morgan fingerprint density at radius 2 is 1.86 bits per heavy atom. The van der Waals surface area contributed by atoms with Gasteiger partial charge in [-0.1, -0.05) is 43.1 Å². The zero-order valence-corrected chi connectivity index (χ0v) is 18.8. The van der Waals surface area contributed by atoms with Crippen molar-refractivity contribution in [2.75, 3.05) is 14.2 Å². The first-order valence-electron chi connectivity index (χ1n) is 10.4. The van der Waals surface area contributed by atoms with Crippen molar-refractivity contribution in [3.8, 4) is 11.5 Å². The summed E-state index contributed by atoms with van der Waals surface area (Å²) in [7, 11) is 2.92. The number of hydrogen-bond donors (Lipinski definition) is 2. The van der Waals surface area contributed by atoms with Crippen LogP contribution in [0, 0.1) is 0 Å². The SMILES string of the molecule is CCCCCc1cc(O)c(C/C=C(\C)CCC=C(C)C)c(O)c1C(=O)N(C)OC. The summed E-state index contributed by atoms with van der Waals surface area (Å²) in [6.07, 6.45) is 10.00. The summed E-state index contributed by atoms with van der Waals surface area (Å²) in [5.74, 6) is -0.542. The number of phenols is 2. The number of hydroxylamine groups is 2. The molecule has 5 heteroatoms. The monoisotopic (exact) mass is 403 g/mol. The second-order valence-corrected chi connectivity index (χ2v) is 7.77. The molecule has 0 saturated carbocycles. The largest absolute Gasteiger partial charge is 0.508 e. The number of nitrogens with zero attached hydrogens (tertiary/aromatic N) is 1. The van der Waals surface area contributed by atoms with E-state index < -0.39 is 5.91 Å². The molecule has 1 rings (SSSR count). The number of allylic oxidation sites excluding steroid dienone is 4. The lowest BCUT2D eigenvalue weighted by Gasteiger charge is -2.20. The first-order valence-corrected chi connectivity index (χ1v) is 10.4. The molecule has 1 aromatic rings. The first-order chi connectivity index (χ1) is 13.7. The second kappa shape index (κ2) is 12.3. The van der Waals surface area contributed by atoms with Crippen molar-refractivity contribution in [3.63, 3.8) is 0 Å². The Morgan fingerprint density at radius 1 is 1.17 bits per heavy atom. The molecular weight excluding hydrogens is 366 g/mol. The summed E-state index contributed by atoms with van der Waals surface area (Å²) in [6.45, 7) is 8.30. The average Bonchev–Trinajstić information content (AvgIpc) is 2.66. The van der Waals surface area contributed by atoms with Crippen molar-refractivity contribution in [2.24, 2.45) is 0 Å². The van der Waals surface area contributed by atoms with Gasteiger partial charge in [0.05, 0.1) is 12.7 Å². The Morgan fingerprint density at radius 3 is 2.45 bits per heavy atom. The molecule has 0 aliphatic carbocycles. The lowest BCUT2D eigenvalue weighted by atomic mass is 9.94. The van der Waals surface area contributed by atoms with Crippen molar-refractivity contribution < 1.29 is 19.8 Å². The van der Waals surface area contributed by atoms with Crippen LogP contribution >= 0.6 is 0 Å². The van der Waals surface area contributed by atoms with Gasteiger partial charge in [-0.15, -0.1) is 0 Å². The number of unbranched alkanes of at least 4 members (excludes halogenated alkanes) is 2. The van der Waals surface area contributed by atoms with Crippen LogP contribution in [0.2, 0.25) is 0 Å². The van der Waals surface area contributed by atoms with E-state index in [1.54, 1.807) is 6.07 Å². The normalized spacial score (nSPS) is 11.4. The van der Waals surface area contributed by atoms with E-state index in [1.165, 1.54) is 25.3 Å². The van der Waals surface area contributed by atoms with Gasteiger partial charge in [-0.05, 0) is 64.5 Å². The van der Waals surface area contributed by atoms with Crippen molar-refractivity contribution in [1.82, 2.24) is 5.06 Å². The van der Waals surface area contributed by atoms with Crippen LogP contribution in [0.25, 0.3) is 0 Å². The maximum Gasteiger partial charge on any atom is 0.281 e. The van der Waals surface area contributed by atoms with Crippen molar-refractivity contribution in [2.45, 2.75) is 72.6 Å². The number of phenolic OH excluding ortho intramolecular Hbond substituents is 2. The Hall–Kier alpha value is -2.27. The lowest BCUT2D eigenvalue weighted by Crippen LogP contribution is -2.26. The summed E-state index contributed by atoms with van der Waals surface area (Å²) in [5, 5.41) is 22.5. The lowest BCUT2D eigenvalue weighted by molar-refractivity contribution is -0.0759.